The smallest absolute Gasteiger partial charge is 0.225 e. The van der Waals surface area contributed by atoms with E-state index in [1.807, 2.05) is 6.20 Å². The molecule has 1 aromatic rings. The van der Waals surface area contributed by atoms with Crippen LogP contribution < -0.4 is 0 Å². The molecule has 2 saturated carbocycles. The van der Waals surface area contributed by atoms with Gasteiger partial charge in [-0.05, 0) is 45.4 Å². The molecule has 22 heavy (non-hydrogen) atoms. The molecule has 1 amide bonds. The number of carbonyl (C=O) groups excluding carboxylic acids is 1. The number of hydrogen-bond donors (Lipinski definition) is 0. The molecule has 0 aromatic carbocycles. The molecule has 0 bridgehead atoms. The number of aryl methyl sites for hydroxylation is 1. The number of likely N-dealkylation sites (tertiary alicyclic amines) is 1. The third kappa shape index (κ3) is 2.57. The van der Waals surface area contributed by atoms with Crippen LogP contribution in [0.2, 0.25) is 0 Å². The van der Waals surface area contributed by atoms with Gasteiger partial charge in [-0.1, -0.05) is 12.8 Å². The van der Waals surface area contributed by atoms with Crippen molar-refractivity contribution in [3.05, 3.63) is 17.7 Å². The fraction of sp³-hybridized carbons (Fsp3) is 0.778. The molecular weight excluding hydrogens is 274 g/mol. The van der Waals surface area contributed by atoms with Gasteiger partial charge in [-0.2, -0.15) is 0 Å². The molecule has 4 heteroatoms. The molecule has 0 atom stereocenters. The minimum atomic E-state index is 0.327. The molecular formula is C18H27N3O. The zero-order chi connectivity index (χ0) is 15.1. The number of imidazole rings is 1. The third-order valence-corrected chi connectivity index (χ3v) is 5.80. The highest BCUT2D eigenvalue weighted by atomic mass is 16.2. The minimum absolute atomic E-state index is 0.327. The van der Waals surface area contributed by atoms with Crippen LogP contribution in [-0.2, 0) is 4.79 Å². The highest BCUT2D eigenvalue weighted by molar-refractivity contribution is 5.79. The lowest BCUT2D eigenvalue weighted by Crippen LogP contribution is -2.42. The van der Waals surface area contributed by atoms with E-state index < -0.39 is 0 Å². The molecule has 1 aromatic heterocycles. The topological polar surface area (TPSA) is 38.1 Å². The maximum atomic E-state index is 12.6. The summed E-state index contributed by atoms with van der Waals surface area (Å²) < 4.78 is 2.48. The number of amides is 1. The van der Waals surface area contributed by atoms with Gasteiger partial charge in [0.15, 0.2) is 0 Å². The zero-order valence-electron chi connectivity index (χ0n) is 13.6. The van der Waals surface area contributed by atoms with Gasteiger partial charge in [0.1, 0.15) is 5.82 Å². The first-order valence-electron chi connectivity index (χ1n) is 9.06. The molecule has 3 aliphatic rings. The van der Waals surface area contributed by atoms with Crippen LogP contribution in [0.25, 0.3) is 0 Å². The van der Waals surface area contributed by atoms with Crippen LogP contribution in [-0.4, -0.2) is 33.4 Å². The second-order valence-electron chi connectivity index (χ2n) is 7.44. The van der Waals surface area contributed by atoms with Gasteiger partial charge in [-0.3, -0.25) is 4.79 Å². The number of nitrogens with zero attached hydrogens (tertiary/aromatic N) is 3. The SMILES string of the molecule is Cc1cnc(C2CC2)n1C1CCN(C(=O)C2CCCC2)CC1. The van der Waals surface area contributed by atoms with Crippen molar-refractivity contribution in [2.45, 2.75) is 70.3 Å². The van der Waals surface area contributed by atoms with Gasteiger partial charge in [0.25, 0.3) is 0 Å². The Kier molecular flexibility index (Phi) is 3.71. The van der Waals surface area contributed by atoms with E-state index in [1.54, 1.807) is 0 Å². The third-order valence-electron chi connectivity index (χ3n) is 5.80. The molecule has 1 saturated heterocycles. The number of hydrogen-bond acceptors (Lipinski definition) is 2. The second kappa shape index (κ2) is 5.71. The summed E-state index contributed by atoms with van der Waals surface area (Å²) in [5.74, 6) is 2.76. The Morgan fingerprint density at radius 2 is 1.77 bits per heavy atom. The quantitative estimate of drug-likeness (QED) is 0.858. The molecule has 0 radical (unpaired) electrons. The van der Waals surface area contributed by atoms with E-state index in [0.29, 0.717) is 23.8 Å². The summed E-state index contributed by atoms with van der Waals surface area (Å²) in [5.41, 5.74) is 1.29. The number of rotatable bonds is 3. The fourth-order valence-electron chi connectivity index (χ4n) is 4.36. The molecule has 120 valence electrons. The predicted octanol–water partition coefficient (Wildman–Crippen LogP) is 3.42. The molecule has 2 heterocycles. The fourth-order valence-corrected chi connectivity index (χ4v) is 4.36. The summed E-state index contributed by atoms with van der Waals surface area (Å²) in [7, 11) is 0. The Labute approximate surface area is 132 Å². The first-order chi connectivity index (χ1) is 10.7. The average Bonchev–Trinajstić information content (AvgIpc) is 3.09. The largest absolute Gasteiger partial charge is 0.342 e. The maximum absolute atomic E-state index is 12.6. The van der Waals surface area contributed by atoms with E-state index in [0.717, 1.165) is 38.8 Å². The summed E-state index contributed by atoms with van der Waals surface area (Å²) in [6, 6.07) is 0.547. The van der Waals surface area contributed by atoms with Crippen LogP contribution in [0.5, 0.6) is 0 Å². The highest BCUT2D eigenvalue weighted by Crippen LogP contribution is 2.41. The lowest BCUT2D eigenvalue weighted by molar-refractivity contribution is -0.136. The monoisotopic (exact) mass is 301 g/mol. The number of piperidine rings is 1. The van der Waals surface area contributed by atoms with Gasteiger partial charge >= 0.3 is 0 Å². The van der Waals surface area contributed by atoms with Crippen LogP contribution >= 0.6 is 0 Å². The Morgan fingerprint density at radius 1 is 1.09 bits per heavy atom. The van der Waals surface area contributed by atoms with Gasteiger partial charge < -0.3 is 9.47 Å². The van der Waals surface area contributed by atoms with Gasteiger partial charge in [0, 0.05) is 42.9 Å². The first-order valence-corrected chi connectivity index (χ1v) is 9.06. The Hall–Kier alpha value is -1.32. The van der Waals surface area contributed by atoms with Crippen LogP contribution in [0, 0.1) is 12.8 Å². The van der Waals surface area contributed by atoms with Crippen LogP contribution in [0.15, 0.2) is 6.20 Å². The molecule has 2 aliphatic carbocycles. The summed E-state index contributed by atoms with van der Waals surface area (Å²) >= 11 is 0. The van der Waals surface area contributed by atoms with Crippen molar-refractivity contribution in [3.8, 4) is 0 Å². The summed E-state index contributed by atoms with van der Waals surface area (Å²) in [5, 5.41) is 0. The van der Waals surface area contributed by atoms with Crippen molar-refractivity contribution in [2.24, 2.45) is 5.92 Å². The van der Waals surface area contributed by atoms with E-state index in [-0.39, 0.29) is 0 Å². The van der Waals surface area contributed by atoms with Crippen molar-refractivity contribution in [2.75, 3.05) is 13.1 Å². The minimum Gasteiger partial charge on any atom is -0.342 e. The van der Waals surface area contributed by atoms with Crippen LogP contribution in [0.3, 0.4) is 0 Å². The van der Waals surface area contributed by atoms with Crippen molar-refractivity contribution < 1.29 is 4.79 Å². The molecule has 4 nitrogen and oxygen atoms in total. The predicted molar refractivity (Wildman–Crippen MR) is 85.7 cm³/mol. The van der Waals surface area contributed by atoms with E-state index in [4.69, 9.17) is 0 Å². The summed E-state index contributed by atoms with van der Waals surface area (Å²) in [4.78, 5) is 19.3. The van der Waals surface area contributed by atoms with E-state index in [1.165, 1.54) is 37.2 Å². The van der Waals surface area contributed by atoms with Crippen LogP contribution in [0.4, 0.5) is 0 Å². The van der Waals surface area contributed by atoms with E-state index in [2.05, 4.69) is 21.4 Å². The normalized spacial score (nSPS) is 24.1. The molecule has 1 aliphatic heterocycles. The summed E-state index contributed by atoms with van der Waals surface area (Å²) in [6.45, 7) is 4.04. The number of carbonyl (C=O) groups is 1. The zero-order valence-corrected chi connectivity index (χ0v) is 13.6. The Balaban J connectivity index is 1.41. The van der Waals surface area contributed by atoms with Crippen molar-refractivity contribution in [3.63, 3.8) is 0 Å². The van der Waals surface area contributed by atoms with E-state index >= 15 is 0 Å². The standard InChI is InChI=1S/C18H27N3O/c1-13-12-19-17(14-6-7-14)21(13)16-8-10-20(11-9-16)18(22)15-4-2-3-5-15/h12,14-16H,2-11H2,1H3. The highest BCUT2D eigenvalue weighted by Gasteiger charge is 2.34. The number of aromatic nitrogens is 2. The van der Waals surface area contributed by atoms with Crippen molar-refractivity contribution in [1.82, 2.24) is 14.5 Å². The molecule has 3 fully saturated rings. The van der Waals surface area contributed by atoms with Crippen molar-refractivity contribution >= 4 is 5.91 Å². The molecule has 0 N–H and O–H groups in total. The van der Waals surface area contributed by atoms with Gasteiger partial charge in [0.2, 0.25) is 5.91 Å². The van der Waals surface area contributed by atoms with Crippen LogP contribution in [0.1, 0.15) is 74.8 Å². The Morgan fingerprint density at radius 3 is 2.41 bits per heavy atom. The molecule has 4 rings (SSSR count). The molecule has 0 spiro atoms. The maximum Gasteiger partial charge on any atom is 0.225 e. The average molecular weight is 301 g/mol. The molecule has 0 unspecified atom stereocenters. The lowest BCUT2D eigenvalue weighted by Gasteiger charge is -2.35. The van der Waals surface area contributed by atoms with Gasteiger partial charge in [-0.15, -0.1) is 0 Å². The van der Waals surface area contributed by atoms with Gasteiger partial charge in [0.05, 0.1) is 0 Å². The van der Waals surface area contributed by atoms with Gasteiger partial charge in [-0.25, -0.2) is 4.98 Å². The lowest BCUT2D eigenvalue weighted by atomic mass is 10.0. The summed E-state index contributed by atoms with van der Waals surface area (Å²) in [6.07, 6.45) is 11.5. The van der Waals surface area contributed by atoms with E-state index in [9.17, 15) is 4.79 Å². The second-order valence-corrected chi connectivity index (χ2v) is 7.44. The van der Waals surface area contributed by atoms with Crippen molar-refractivity contribution in [1.29, 1.82) is 0 Å². The first kappa shape index (κ1) is 14.3. The Bertz CT molecular complexity index is 547.